The molecular weight excluding hydrogens is 276 g/mol. The first-order valence-electron chi connectivity index (χ1n) is 8.04. The van der Waals surface area contributed by atoms with Crippen LogP contribution in [-0.2, 0) is 0 Å². The van der Waals surface area contributed by atoms with Crippen molar-refractivity contribution < 1.29 is 4.79 Å². The molecule has 2 aliphatic rings. The summed E-state index contributed by atoms with van der Waals surface area (Å²) in [5.41, 5.74) is 1.59. The van der Waals surface area contributed by atoms with Crippen LogP contribution in [0.25, 0.3) is 5.69 Å². The van der Waals surface area contributed by atoms with Crippen LogP contribution in [0.15, 0.2) is 36.9 Å². The maximum absolute atomic E-state index is 13.0. The molecule has 1 aliphatic heterocycles. The second kappa shape index (κ2) is 5.55. The van der Waals surface area contributed by atoms with Crippen molar-refractivity contribution in [2.75, 3.05) is 13.1 Å². The molecule has 2 unspecified atom stereocenters. The molecule has 1 aliphatic carbocycles. The van der Waals surface area contributed by atoms with E-state index in [0.29, 0.717) is 11.8 Å². The molecule has 2 fully saturated rings. The molecule has 2 bridgehead atoms. The lowest BCUT2D eigenvalue weighted by molar-refractivity contribution is 0.0504. The molecule has 1 saturated carbocycles. The SMILES string of the molecule is O=C(c1ccccc1-n1cnnc1)N1CC2CCCC(C2)C1. The Morgan fingerprint density at radius 1 is 1.05 bits per heavy atom. The van der Waals surface area contributed by atoms with E-state index in [9.17, 15) is 4.79 Å². The maximum atomic E-state index is 13.0. The summed E-state index contributed by atoms with van der Waals surface area (Å²) in [6.07, 6.45) is 8.44. The quantitative estimate of drug-likeness (QED) is 0.855. The van der Waals surface area contributed by atoms with Gasteiger partial charge in [0.25, 0.3) is 5.91 Å². The number of aromatic nitrogens is 3. The van der Waals surface area contributed by atoms with Crippen LogP contribution in [0.5, 0.6) is 0 Å². The highest BCUT2D eigenvalue weighted by molar-refractivity contribution is 5.97. The fraction of sp³-hybridized carbons (Fsp3) is 0.471. The molecule has 1 amide bonds. The normalized spacial score (nSPS) is 24.3. The van der Waals surface area contributed by atoms with E-state index >= 15 is 0 Å². The van der Waals surface area contributed by atoms with Crippen LogP contribution in [0.3, 0.4) is 0 Å². The third kappa shape index (κ3) is 2.40. The van der Waals surface area contributed by atoms with Gasteiger partial charge in [-0.25, -0.2) is 0 Å². The molecule has 22 heavy (non-hydrogen) atoms. The van der Waals surface area contributed by atoms with Gasteiger partial charge in [-0.05, 0) is 43.2 Å². The van der Waals surface area contributed by atoms with E-state index in [2.05, 4.69) is 15.1 Å². The van der Waals surface area contributed by atoms with E-state index in [1.54, 1.807) is 17.2 Å². The summed E-state index contributed by atoms with van der Waals surface area (Å²) in [6, 6.07) is 7.71. The summed E-state index contributed by atoms with van der Waals surface area (Å²) in [4.78, 5) is 15.1. The molecule has 5 nitrogen and oxygen atoms in total. The Bertz CT molecular complexity index is 655. The molecule has 114 valence electrons. The van der Waals surface area contributed by atoms with Crippen LogP contribution >= 0.6 is 0 Å². The number of nitrogens with zero attached hydrogens (tertiary/aromatic N) is 4. The van der Waals surface area contributed by atoms with Gasteiger partial charge in [-0.1, -0.05) is 18.6 Å². The Kier molecular flexibility index (Phi) is 3.41. The smallest absolute Gasteiger partial charge is 0.256 e. The van der Waals surface area contributed by atoms with Gasteiger partial charge in [-0.2, -0.15) is 0 Å². The number of para-hydroxylation sites is 1. The summed E-state index contributed by atoms with van der Waals surface area (Å²) in [5, 5.41) is 7.69. The van der Waals surface area contributed by atoms with Crippen molar-refractivity contribution in [3.63, 3.8) is 0 Å². The van der Waals surface area contributed by atoms with Gasteiger partial charge in [0, 0.05) is 13.1 Å². The zero-order valence-corrected chi connectivity index (χ0v) is 12.6. The van der Waals surface area contributed by atoms with Gasteiger partial charge < -0.3 is 4.90 Å². The van der Waals surface area contributed by atoms with Crippen LogP contribution < -0.4 is 0 Å². The Labute approximate surface area is 130 Å². The zero-order valence-electron chi connectivity index (χ0n) is 12.6. The Morgan fingerprint density at radius 2 is 1.73 bits per heavy atom. The van der Waals surface area contributed by atoms with Crippen LogP contribution in [-0.4, -0.2) is 38.7 Å². The standard InChI is InChI=1S/C17H20N4O/c22-17(20-9-13-4-3-5-14(8-13)10-20)15-6-1-2-7-16(15)21-11-18-19-12-21/h1-2,6-7,11-14H,3-5,8-10H2. The molecule has 2 aromatic rings. The summed E-state index contributed by atoms with van der Waals surface area (Å²) in [7, 11) is 0. The maximum Gasteiger partial charge on any atom is 0.256 e. The number of rotatable bonds is 2. The number of carbonyl (C=O) groups excluding carboxylic acids is 1. The number of amides is 1. The van der Waals surface area contributed by atoms with Gasteiger partial charge in [0.05, 0.1) is 11.3 Å². The molecule has 1 aromatic carbocycles. The lowest BCUT2D eigenvalue weighted by atomic mass is 9.78. The molecule has 4 rings (SSSR count). The number of benzene rings is 1. The second-order valence-corrected chi connectivity index (χ2v) is 6.50. The number of hydrogen-bond donors (Lipinski definition) is 0. The molecule has 2 heterocycles. The van der Waals surface area contributed by atoms with Crippen LogP contribution in [0.1, 0.15) is 36.0 Å². The first-order chi connectivity index (χ1) is 10.8. The second-order valence-electron chi connectivity index (χ2n) is 6.50. The first kappa shape index (κ1) is 13.5. The summed E-state index contributed by atoms with van der Waals surface area (Å²) in [5.74, 6) is 1.53. The van der Waals surface area contributed by atoms with Gasteiger partial charge in [-0.15, -0.1) is 10.2 Å². The van der Waals surface area contributed by atoms with Crippen molar-refractivity contribution in [1.82, 2.24) is 19.7 Å². The molecule has 1 aromatic heterocycles. The highest BCUT2D eigenvalue weighted by Gasteiger charge is 2.33. The van der Waals surface area contributed by atoms with E-state index in [1.165, 1.54) is 25.7 Å². The van der Waals surface area contributed by atoms with Crippen molar-refractivity contribution in [2.24, 2.45) is 11.8 Å². The van der Waals surface area contributed by atoms with Crippen molar-refractivity contribution in [1.29, 1.82) is 0 Å². The fourth-order valence-electron chi connectivity index (χ4n) is 3.97. The molecule has 0 spiro atoms. The van der Waals surface area contributed by atoms with E-state index in [4.69, 9.17) is 0 Å². The van der Waals surface area contributed by atoms with Crippen LogP contribution in [0.2, 0.25) is 0 Å². The number of hydrogen-bond acceptors (Lipinski definition) is 3. The predicted molar refractivity (Wildman–Crippen MR) is 82.7 cm³/mol. The Morgan fingerprint density at radius 3 is 2.45 bits per heavy atom. The third-order valence-electron chi connectivity index (χ3n) is 4.97. The minimum atomic E-state index is 0.140. The lowest BCUT2D eigenvalue weighted by Crippen LogP contribution is -2.45. The van der Waals surface area contributed by atoms with Crippen molar-refractivity contribution in [3.8, 4) is 5.69 Å². The number of piperidine rings is 1. The third-order valence-corrected chi connectivity index (χ3v) is 4.97. The molecule has 5 heteroatoms. The first-order valence-corrected chi connectivity index (χ1v) is 8.04. The van der Waals surface area contributed by atoms with E-state index in [0.717, 1.165) is 24.3 Å². The molecule has 2 atom stereocenters. The topological polar surface area (TPSA) is 51.0 Å². The van der Waals surface area contributed by atoms with Gasteiger partial charge in [-0.3, -0.25) is 9.36 Å². The average Bonchev–Trinajstić information content (AvgIpc) is 3.08. The highest BCUT2D eigenvalue weighted by atomic mass is 16.2. The number of fused-ring (bicyclic) bond motifs is 2. The van der Waals surface area contributed by atoms with Crippen LogP contribution in [0.4, 0.5) is 0 Å². The fourth-order valence-corrected chi connectivity index (χ4v) is 3.97. The molecule has 0 radical (unpaired) electrons. The van der Waals surface area contributed by atoms with Crippen molar-refractivity contribution in [3.05, 3.63) is 42.5 Å². The number of likely N-dealkylation sites (tertiary alicyclic amines) is 1. The lowest BCUT2D eigenvalue weighted by Gasteiger charge is -2.41. The van der Waals surface area contributed by atoms with Gasteiger partial charge >= 0.3 is 0 Å². The zero-order chi connectivity index (χ0) is 14.9. The monoisotopic (exact) mass is 296 g/mol. The van der Waals surface area contributed by atoms with E-state index < -0.39 is 0 Å². The van der Waals surface area contributed by atoms with Gasteiger partial charge in [0.1, 0.15) is 12.7 Å². The van der Waals surface area contributed by atoms with Crippen molar-refractivity contribution >= 4 is 5.91 Å². The van der Waals surface area contributed by atoms with E-state index in [-0.39, 0.29) is 5.91 Å². The molecular formula is C17H20N4O. The summed E-state index contributed by atoms with van der Waals surface area (Å²) >= 11 is 0. The minimum Gasteiger partial charge on any atom is -0.338 e. The molecule has 1 saturated heterocycles. The predicted octanol–water partition coefficient (Wildman–Crippen LogP) is 2.53. The summed E-state index contributed by atoms with van der Waals surface area (Å²) < 4.78 is 1.80. The van der Waals surface area contributed by atoms with E-state index in [1.807, 2.05) is 24.3 Å². The molecule has 0 N–H and O–H groups in total. The van der Waals surface area contributed by atoms with Crippen molar-refractivity contribution in [2.45, 2.75) is 25.7 Å². The highest BCUT2D eigenvalue weighted by Crippen LogP contribution is 2.35. The average molecular weight is 296 g/mol. The Hall–Kier alpha value is -2.17. The van der Waals surface area contributed by atoms with Crippen LogP contribution in [0, 0.1) is 11.8 Å². The summed E-state index contributed by atoms with van der Waals surface area (Å²) in [6.45, 7) is 1.82. The minimum absolute atomic E-state index is 0.140. The Balaban J connectivity index is 1.63. The van der Waals surface area contributed by atoms with Gasteiger partial charge in [0.15, 0.2) is 0 Å². The van der Waals surface area contributed by atoms with Gasteiger partial charge in [0.2, 0.25) is 0 Å². The number of carbonyl (C=O) groups is 1. The largest absolute Gasteiger partial charge is 0.338 e.